The Balaban J connectivity index is 1.95. The van der Waals surface area contributed by atoms with Gasteiger partial charge in [0.1, 0.15) is 0 Å². The molecule has 2 N–H and O–H groups in total. The molecule has 0 bridgehead atoms. The van der Waals surface area contributed by atoms with Crippen molar-refractivity contribution in [2.75, 3.05) is 0 Å². The van der Waals surface area contributed by atoms with Gasteiger partial charge in [0.25, 0.3) is 0 Å². The number of amides is 1. The van der Waals surface area contributed by atoms with Gasteiger partial charge in [-0.05, 0) is 23.3 Å². The molecule has 0 spiro atoms. The number of carbonyl (C=O) groups excluding carboxylic acids is 1. The molecule has 0 radical (unpaired) electrons. The predicted octanol–water partition coefficient (Wildman–Crippen LogP) is 3.45. The van der Waals surface area contributed by atoms with E-state index in [1.807, 2.05) is 54.6 Å². The minimum absolute atomic E-state index is 0.113. The molecule has 0 saturated heterocycles. The quantitative estimate of drug-likeness (QED) is 0.668. The van der Waals surface area contributed by atoms with Crippen molar-refractivity contribution in [3.8, 4) is 0 Å². The summed E-state index contributed by atoms with van der Waals surface area (Å²) in [5, 5.41) is 8.92. The second kappa shape index (κ2) is 5.38. The third kappa shape index (κ3) is 2.37. The van der Waals surface area contributed by atoms with Gasteiger partial charge in [0.15, 0.2) is 0 Å². The molecule has 0 aromatic heterocycles. The maximum atomic E-state index is 11.9. The molecular formula is C16H14BrNO2. The first-order valence-electron chi connectivity index (χ1n) is 6.46. The van der Waals surface area contributed by atoms with Gasteiger partial charge >= 0.3 is 0 Å². The lowest BCUT2D eigenvalue weighted by Gasteiger charge is -2.01. The fourth-order valence-corrected chi connectivity index (χ4v) is 3.35. The fraction of sp³-hybridized carbons (Fsp3) is 0.188. The molecule has 1 aliphatic carbocycles. The second-order valence-electron chi connectivity index (χ2n) is 5.02. The summed E-state index contributed by atoms with van der Waals surface area (Å²) in [5.41, 5.74) is 4.03. The molecule has 3 nitrogen and oxygen atoms in total. The van der Waals surface area contributed by atoms with Crippen molar-refractivity contribution in [2.45, 2.75) is 11.8 Å². The van der Waals surface area contributed by atoms with Crippen LogP contribution in [0.25, 0.3) is 0 Å². The summed E-state index contributed by atoms with van der Waals surface area (Å²) in [5.74, 6) is -0.291. The van der Waals surface area contributed by atoms with Crippen LogP contribution in [0, 0.1) is 5.92 Å². The Bertz CT molecular complexity index is 629. The molecule has 1 aliphatic rings. The predicted molar refractivity (Wildman–Crippen MR) is 79.5 cm³/mol. The van der Waals surface area contributed by atoms with Crippen LogP contribution >= 0.6 is 15.9 Å². The summed E-state index contributed by atoms with van der Waals surface area (Å²) in [4.78, 5) is 11.9. The van der Waals surface area contributed by atoms with E-state index in [1.54, 1.807) is 5.48 Å². The first-order chi connectivity index (χ1) is 9.72. The number of hydroxylamine groups is 1. The minimum atomic E-state index is -0.316. The molecule has 4 heteroatoms. The van der Waals surface area contributed by atoms with E-state index in [9.17, 15) is 4.79 Å². The number of halogens is 1. The zero-order valence-corrected chi connectivity index (χ0v) is 12.2. The summed E-state index contributed by atoms with van der Waals surface area (Å²) in [7, 11) is 0. The van der Waals surface area contributed by atoms with Crippen LogP contribution in [0.4, 0.5) is 0 Å². The monoisotopic (exact) mass is 331 g/mol. The normalized spacial score (nSPS) is 24.2. The highest BCUT2D eigenvalue weighted by molar-refractivity contribution is 9.10. The van der Waals surface area contributed by atoms with Gasteiger partial charge in [-0.15, -0.1) is 0 Å². The number of hydrogen-bond donors (Lipinski definition) is 2. The van der Waals surface area contributed by atoms with Crippen molar-refractivity contribution in [3.63, 3.8) is 0 Å². The second-order valence-corrected chi connectivity index (χ2v) is 5.93. The van der Waals surface area contributed by atoms with Crippen molar-refractivity contribution in [1.82, 2.24) is 5.48 Å². The van der Waals surface area contributed by atoms with Gasteiger partial charge < -0.3 is 0 Å². The standard InChI is InChI=1S/C16H14BrNO2/c17-12-8-4-7-11(9-12)14-13(15(14)16(19)18-20)10-5-2-1-3-6-10/h1-9,13-15,20H,(H,18,19)/t13-,14-,15-/m1/s1. The molecule has 3 rings (SSSR count). The van der Waals surface area contributed by atoms with Gasteiger partial charge in [-0.1, -0.05) is 58.4 Å². The summed E-state index contributed by atoms with van der Waals surface area (Å²) >= 11 is 3.46. The van der Waals surface area contributed by atoms with E-state index in [4.69, 9.17) is 5.21 Å². The van der Waals surface area contributed by atoms with Crippen LogP contribution in [-0.4, -0.2) is 11.1 Å². The van der Waals surface area contributed by atoms with Crippen LogP contribution in [0.5, 0.6) is 0 Å². The molecule has 0 aliphatic heterocycles. The molecule has 1 saturated carbocycles. The van der Waals surface area contributed by atoms with Crippen LogP contribution in [0.15, 0.2) is 59.1 Å². The van der Waals surface area contributed by atoms with Crippen LogP contribution < -0.4 is 5.48 Å². The number of benzene rings is 2. The lowest BCUT2D eigenvalue weighted by molar-refractivity contribution is -0.130. The average molecular weight is 332 g/mol. The van der Waals surface area contributed by atoms with E-state index in [0.29, 0.717) is 0 Å². The van der Waals surface area contributed by atoms with Gasteiger partial charge in [0.2, 0.25) is 5.91 Å². The summed E-state index contributed by atoms with van der Waals surface area (Å²) in [6.07, 6.45) is 0. The third-order valence-electron chi connectivity index (χ3n) is 3.85. The van der Waals surface area contributed by atoms with Gasteiger partial charge in [-0.2, -0.15) is 0 Å². The Kier molecular flexibility index (Phi) is 3.59. The molecule has 102 valence electrons. The smallest absolute Gasteiger partial charge is 0.247 e. The van der Waals surface area contributed by atoms with Crippen LogP contribution in [0.1, 0.15) is 23.0 Å². The van der Waals surface area contributed by atoms with Crippen molar-refractivity contribution < 1.29 is 10.0 Å². The van der Waals surface area contributed by atoms with Gasteiger partial charge in [-0.25, -0.2) is 5.48 Å². The largest absolute Gasteiger partial charge is 0.289 e. The Labute approximate surface area is 125 Å². The third-order valence-corrected chi connectivity index (χ3v) is 4.34. The van der Waals surface area contributed by atoms with E-state index in [-0.39, 0.29) is 23.7 Å². The molecule has 2 aromatic rings. The Morgan fingerprint density at radius 2 is 1.65 bits per heavy atom. The molecular weight excluding hydrogens is 318 g/mol. The number of nitrogens with one attached hydrogen (secondary N) is 1. The SMILES string of the molecule is O=C(NO)[C@@H]1[C@H](c2ccccc2)[C@H]1c1cccc(Br)c1. The van der Waals surface area contributed by atoms with Crippen LogP contribution in [0.3, 0.4) is 0 Å². The van der Waals surface area contributed by atoms with Crippen molar-refractivity contribution in [1.29, 1.82) is 0 Å². The lowest BCUT2D eigenvalue weighted by Crippen LogP contribution is -2.21. The molecule has 1 fully saturated rings. The van der Waals surface area contributed by atoms with Crippen molar-refractivity contribution >= 4 is 21.8 Å². The Morgan fingerprint density at radius 3 is 2.30 bits per heavy atom. The highest BCUT2D eigenvalue weighted by Crippen LogP contribution is 2.60. The minimum Gasteiger partial charge on any atom is -0.289 e. The maximum Gasteiger partial charge on any atom is 0.247 e. The van der Waals surface area contributed by atoms with E-state index in [1.165, 1.54) is 0 Å². The molecule has 1 amide bonds. The van der Waals surface area contributed by atoms with Crippen LogP contribution in [0.2, 0.25) is 0 Å². The molecule has 0 heterocycles. The van der Waals surface area contributed by atoms with Crippen molar-refractivity contribution in [2.24, 2.45) is 5.92 Å². The van der Waals surface area contributed by atoms with E-state index in [2.05, 4.69) is 15.9 Å². The topological polar surface area (TPSA) is 49.3 Å². The molecule has 2 aromatic carbocycles. The fourth-order valence-electron chi connectivity index (χ4n) is 2.93. The lowest BCUT2D eigenvalue weighted by atomic mass is 10.0. The summed E-state index contributed by atoms with van der Waals surface area (Å²) in [6, 6.07) is 17.9. The molecule has 20 heavy (non-hydrogen) atoms. The average Bonchev–Trinajstić information content (AvgIpc) is 3.23. The number of carbonyl (C=O) groups is 1. The van der Waals surface area contributed by atoms with E-state index in [0.717, 1.165) is 15.6 Å². The zero-order chi connectivity index (χ0) is 14.1. The summed E-state index contributed by atoms with van der Waals surface area (Å²) in [6.45, 7) is 0. The first-order valence-corrected chi connectivity index (χ1v) is 7.26. The van der Waals surface area contributed by atoms with Crippen LogP contribution in [-0.2, 0) is 4.79 Å². The van der Waals surface area contributed by atoms with Gasteiger partial charge in [-0.3, -0.25) is 10.0 Å². The van der Waals surface area contributed by atoms with Crippen molar-refractivity contribution in [3.05, 3.63) is 70.2 Å². The van der Waals surface area contributed by atoms with E-state index < -0.39 is 0 Å². The zero-order valence-electron chi connectivity index (χ0n) is 10.7. The Hall–Kier alpha value is -1.65. The summed E-state index contributed by atoms with van der Waals surface area (Å²) < 4.78 is 0.997. The van der Waals surface area contributed by atoms with Gasteiger partial charge in [0, 0.05) is 16.3 Å². The maximum absolute atomic E-state index is 11.9. The first kappa shape index (κ1) is 13.3. The highest BCUT2D eigenvalue weighted by atomic mass is 79.9. The highest BCUT2D eigenvalue weighted by Gasteiger charge is 2.56. The molecule has 3 atom stereocenters. The van der Waals surface area contributed by atoms with Gasteiger partial charge in [0.05, 0.1) is 5.92 Å². The molecule has 0 unspecified atom stereocenters. The number of hydrogen-bond acceptors (Lipinski definition) is 2. The number of rotatable bonds is 3. The Morgan fingerprint density at radius 1 is 1.00 bits per heavy atom. The van der Waals surface area contributed by atoms with E-state index >= 15 is 0 Å².